The Labute approximate surface area is 153 Å². The van der Waals surface area contributed by atoms with Crippen LogP contribution in [0.1, 0.15) is 12.8 Å². The Morgan fingerprint density at radius 3 is 2.42 bits per heavy atom. The normalized spacial score (nSPS) is 14.5. The van der Waals surface area contributed by atoms with Gasteiger partial charge in [-0.15, -0.1) is 12.4 Å². The maximum atomic E-state index is 12.2. The summed E-state index contributed by atoms with van der Waals surface area (Å²) < 4.78 is 5.73. The van der Waals surface area contributed by atoms with Crippen LogP contribution >= 0.6 is 24.0 Å². The fraction of sp³-hybridized carbons (Fsp3) is 0.278. The van der Waals surface area contributed by atoms with E-state index in [9.17, 15) is 4.79 Å². The Bertz CT molecular complexity index is 671. The lowest BCUT2D eigenvalue weighted by Gasteiger charge is -2.21. The summed E-state index contributed by atoms with van der Waals surface area (Å²) in [5.41, 5.74) is 0.778. The van der Waals surface area contributed by atoms with Crippen molar-refractivity contribution in [2.45, 2.75) is 12.8 Å². The van der Waals surface area contributed by atoms with Crippen molar-refractivity contribution in [3.05, 3.63) is 53.6 Å². The highest BCUT2D eigenvalue weighted by molar-refractivity contribution is 6.32. The average molecular weight is 367 g/mol. The Hall–Kier alpha value is -1.75. The van der Waals surface area contributed by atoms with Crippen LogP contribution in [0, 0.1) is 5.92 Å². The van der Waals surface area contributed by atoms with Crippen LogP contribution in [0.15, 0.2) is 48.5 Å². The van der Waals surface area contributed by atoms with Gasteiger partial charge < -0.3 is 15.4 Å². The van der Waals surface area contributed by atoms with E-state index in [2.05, 4.69) is 10.6 Å². The highest BCUT2D eigenvalue weighted by Crippen LogP contribution is 2.29. The van der Waals surface area contributed by atoms with Crippen molar-refractivity contribution in [2.24, 2.45) is 5.92 Å². The predicted octanol–water partition coefficient (Wildman–Crippen LogP) is 4.49. The van der Waals surface area contributed by atoms with Crippen molar-refractivity contribution in [2.75, 3.05) is 18.4 Å². The second-order valence-electron chi connectivity index (χ2n) is 5.57. The zero-order valence-electron chi connectivity index (χ0n) is 13.1. The fourth-order valence-corrected chi connectivity index (χ4v) is 2.76. The number of piperidine rings is 1. The van der Waals surface area contributed by atoms with E-state index in [1.165, 1.54) is 0 Å². The topological polar surface area (TPSA) is 50.4 Å². The zero-order chi connectivity index (χ0) is 16.1. The first-order valence-corrected chi connectivity index (χ1v) is 8.14. The lowest BCUT2D eigenvalue weighted by molar-refractivity contribution is -0.120. The van der Waals surface area contributed by atoms with Crippen molar-refractivity contribution in [1.82, 2.24) is 5.32 Å². The average Bonchev–Trinajstić information content (AvgIpc) is 2.59. The Morgan fingerprint density at radius 1 is 1.08 bits per heavy atom. The van der Waals surface area contributed by atoms with Gasteiger partial charge in [-0.05, 0) is 62.3 Å². The number of nitrogens with one attached hydrogen (secondary N) is 2. The minimum atomic E-state index is 0. The standard InChI is InChI=1S/C18H19ClN2O2.ClH/c19-16-3-1-2-4-17(16)23-15-7-5-14(6-8-15)21-18(22)13-9-11-20-12-10-13;/h1-8,13,20H,9-12H2,(H,21,22);1H. The first kappa shape index (κ1) is 18.6. The molecule has 2 aromatic carbocycles. The molecule has 0 spiro atoms. The summed E-state index contributed by atoms with van der Waals surface area (Å²) in [6.45, 7) is 1.81. The SMILES string of the molecule is Cl.O=C(Nc1ccc(Oc2ccccc2Cl)cc1)C1CCNCC1. The van der Waals surface area contributed by atoms with E-state index in [4.69, 9.17) is 16.3 Å². The molecule has 0 radical (unpaired) electrons. The molecule has 4 nitrogen and oxygen atoms in total. The second kappa shape index (κ2) is 8.92. The summed E-state index contributed by atoms with van der Waals surface area (Å²) in [5.74, 6) is 1.47. The van der Waals surface area contributed by atoms with Crippen LogP contribution in [0.4, 0.5) is 5.69 Å². The van der Waals surface area contributed by atoms with Gasteiger partial charge in [-0.3, -0.25) is 4.79 Å². The van der Waals surface area contributed by atoms with Crippen molar-refractivity contribution in [3.63, 3.8) is 0 Å². The summed E-state index contributed by atoms with van der Waals surface area (Å²) >= 11 is 6.07. The van der Waals surface area contributed by atoms with Gasteiger partial charge in [0.1, 0.15) is 11.5 Å². The van der Waals surface area contributed by atoms with Gasteiger partial charge >= 0.3 is 0 Å². The van der Waals surface area contributed by atoms with Crippen LogP contribution in [0.25, 0.3) is 0 Å². The molecule has 3 rings (SSSR count). The van der Waals surface area contributed by atoms with Crippen LogP contribution in [0.2, 0.25) is 5.02 Å². The monoisotopic (exact) mass is 366 g/mol. The lowest BCUT2D eigenvalue weighted by atomic mass is 9.97. The zero-order valence-corrected chi connectivity index (χ0v) is 14.7. The van der Waals surface area contributed by atoms with Gasteiger partial charge in [0, 0.05) is 11.6 Å². The molecule has 1 aliphatic rings. The van der Waals surface area contributed by atoms with Gasteiger partial charge in [0.15, 0.2) is 0 Å². The molecule has 0 unspecified atom stereocenters. The highest BCUT2D eigenvalue weighted by Gasteiger charge is 2.20. The number of hydrogen-bond acceptors (Lipinski definition) is 3. The molecule has 24 heavy (non-hydrogen) atoms. The molecule has 6 heteroatoms. The van der Waals surface area contributed by atoms with E-state index < -0.39 is 0 Å². The quantitative estimate of drug-likeness (QED) is 0.837. The highest BCUT2D eigenvalue weighted by atomic mass is 35.5. The van der Waals surface area contributed by atoms with Gasteiger partial charge in [-0.1, -0.05) is 23.7 Å². The molecular formula is C18H20Cl2N2O2. The number of para-hydroxylation sites is 1. The van der Waals surface area contributed by atoms with Crippen molar-refractivity contribution in [3.8, 4) is 11.5 Å². The van der Waals surface area contributed by atoms with E-state index in [-0.39, 0.29) is 24.2 Å². The summed E-state index contributed by atoms with van der Waals surface area (Å²) in [5, 5.41) is 6.79. The van der Waals surface area contributed by atoms with Gasteiger partial charge in [0.05, 0.1) is 5.02 Å². The van der Waals surface area contributed by atoms with Crippen LogP contribution in [0.3, 0.4) is 0 Å². The number of anilines is 1. The number of hydrogen-bond donors (Lipinski definition) is 2. The van der Waals surface area contributed by atoms with Crippen LogP contribution in [0.5, 0.6) is 11.5 Å². The molecule has 2 N–H and O–H groups in total. The third-order valence-electron chi connectivity index (χ3n) is 3.90. The molecule has 2 aromatic rings. The molecule has 0 aliphatic carbocycles. The number of halogens is 2. The van der Waals surface area contributed by atoms with E-state index in [1.807, 2.05) is 42.5 Å². The third-order valence-corrected chi connectivity index (χ3v) is 4.21. The minimum absolute atomic E-state index is 0. The molecule has 0 bridgehead atoms. The van der Waals surface area contributed by atoms with Crippen LogP contribution in [-0.4, -0.2) is 19.0 Å². The van der Waals surface area contributed by atoms with Gasteiger partial charge in [-0.25, -0.2) is 0 Å². The maximum Gasteiger partial charge on any atom is 0.227 e. The molecule has 1 amide bonds. The molecule has 0 atom stereocenters. The van der Waals surface area contributed by atoms with Crippen molar-refractivity contribution in [1.29, 1.82) is 0 Å². The van der Waals surface area contributed by atoms with Crippen molar-refractivity contribution < 1.29 is 9.53 Å². The number of carbonyl (C=O) groups is 1. The van der Waals surface area contributed by atoms with Crippen LogP contribution in [-0.2, 0) is 4.79 Å². The Kier molecular flexibility index (Phi) is 6.91. The van der Waals surface area contributed by atoms with E-state index in [0.29, 0.717) is 16.5 Å². The molecule has 1 saturated heterocycles. The summed E-state index contributed by atoms with van der Waals surface area (Å²) in [6, 6.07) is 14.6. The summed E-state index contributed by atoms with van der Waals surface area (Å²) in [6.07, 6.45) is 1.78. The van der Waals surface area contributed by atoms with Crippen molar-refractivity contribution >= 4 is 35.6 Å². The molecule has 1 heterocycles. The fourth-order valence-electron chi connectivity index (χ4n) is 2.59. The molecule has 0 aromatic heterocycles. The van der Waals surface area contributed by atoms with E-state index in [1.54, 1.807) is 6.07 Å². The van der Waals surface area contributed by atoms with Crippen LogP contribution < -0.4 is 15.4 Å². The molecule has 128 valence electrons. The number of benzene rings is 2. The Morgan fingerprint density at radius 2 is 1.75 bits per heavy atom. The van der Waals surface area contributed by atoms with Gasteiger partial charge in [0.2, 0.25) is 5.91 Å². The molecular weight excluding hydrogens is 347 g/mol. The first-order chi connectivity index (χ1) is 11.2. The second-order valence-corrected chi connectivity index (χ2v) is 5.98. The van der Waals surface area contributed by atoms with Gasteiger partial charge in [-0.2, -0.15) is 0 Å². The molecule has 1 fully saturated rings. The minimum Gasteiger partial charge on any atom is -0.456 e. The van der Waals surface area contributed by atoms with Gasteiger partial charge in [0.25, 0.3) is 0 Å². The predicted molar refractivity (Wildman–Crippen MR) is 99.4 cm³/mol. The molecule has 0 saturated carbocycles. The third kappa shape index (κ3) is 4.87. The lowest BCUT2D eigenvalue weighted by Crippen LogP contribution is -2.34. The maximum absolute atomic E-state index is 12.2. The van der Waals surface area contributed by atoms with E-state index >= 15 is 0 Å². The smallest absolute Gasteiger partial charge is 0.227 e. The number of carbonyl (C=O) groups excluding carboxylic acids is 1. The number of ether oxygens (including phenoxy) is 1. The first-order valence-electron chi connectivity index (χ1n) is 7.76. The molecule has 1 aliphatic heterocycles. The van der Waals surface area contributed by atoms with E-state index in [0.717, 1.165) is 31.6 Å². The summed E-state index contributed by atoms with van der Waals surface area (Å²) in [4.78, 5) is 12.2. The summed E-state index contributed by atoms with van der Waals surface area (Å²) in [7, 11) is 0. The largest absolute Gasteiger partial charge is 0.456 e. The number of amides is 1. The number of rotatable bonds is 4. The Balaban J connectivity index is 0.00000208.